The number of benzene rings is 4. The van der Waals surface area contributed by atoms with Gasteiger partial charge in [0.15, 0.2) is 0 Å². The van der Waals surface area contributed by atoms with Gasteiger partial charge in [0.05, 0.1) is 0 Å². The monoisotopic (exact) mass is 552 g/mol. The summed E-state index contributed by atoms with van der Waals surface area (Å²) in [6.07, 6.45) is 0.0340. The van der Waals surface area contributed by atoms with Crippen molar-refractivity contribution in [1.29, 1.82) is 0 Å². The number of ether oxygens (including phenoxy) is 1. The molecule has 0 saturated carbocycles. The lowest BCUT2D eigenvalue weighted by Crippen LogP contribution is -2.43. The Labute approximate surface area is 235 Å². The average Bonchev–Trinajstić information content (AvgIpc) is 2.96. The van der Waals surface area contributed by atoms with Crippen LogP contribution in [0, 0.1) is 0 Å². The topological polar surface area (TPSA) is 108 Å². The Morgan fingerprint density at radius 2 is 1.55 bits per heavy atom. The van der Waals surface area contributed by atoms with E-state index in [4.69, 9.17) is 16.3 Å². The van der Waals surface area contributed by atoms with Gasteiger partial charge >= 0.3 is 5.97 Å². The second-order valence-corrected chi connectivity index (χ2v) is 9.74. The summed E-state index contributed by atoms with van der Waals surface area (Å²) < 4.78 is 5.78. The zero-order valence-electron chi connectivity index (χ0n) is 21.3. The smallest absolute Gasteiger partial charge is 0.326 e. The van der Waals surface area contributed by atoms with Crippen LogP contribution in [0.1, 0.15) is 21.5 Å². The zero-order valence-corrected chi connectivity index (χ0v) is 22.0. The Bertz CT molecular complexity index is 1720. The second-order valence-electron chi connectivity index (χ2n) is 9.31. The number of aliphatic carboxylic acids is 1. The first kappa shape index (κ1) is 26.7. The van der Waals surface area contributed by atoms with Gasteiger partial charge in [0.25, 0.3) is 11.5 Å². The average molecular weight is 553 g/mol. The molecule has 0 bridgehead atoms. The number of aromatic nitrogens is 1. The molecule has 3 N–H and O–H groups in total. The first-order valence-corrected chi connectivity index (χ1v) is 13.0. The molecule has 7 nitrogen and oxygen atoms in total. The Balaban J connectivity index is 1.29. The maximum Gasteiger partial charge on any atom is 0.326 e. The Kier molecular flexibility index (Phi) is 7.94. The number of halogens is 1. The highest BCUT2D eigenvalue weighted by Crippen LogP contribution is 2.25. The number of rotatable bonds is 9. The molecule has 1 heterocycles. The fraction of sp³-hybridized carbons (Fsp3) is 0.0938. The van der Waals surface area contributed by atoms with Gasteiger partial charge in [-0.3, -0.25) is 9.59 Å². The molecule has 0 aliphatic carbocycles. The van der Waals surface area contributed by atoms with Crippen molar-refractivity contribution in [3.8, 4) is 16.9 Å². The highest BCUT2D eigenvalue weighted by Gasteiger charge is 2.23. The van der Waals surface area contributed by atoms with Crippen LogP contribution in [-0.2, 0) is 17.8 Å². The summed E-state index contributed by atoms with van der Waals surface area (Å²) in [4.78, 5) is 40.4. The van der Waals surface area contributed by atoms with E-state index in [2.05, 4.69) is 10.3 Å². The quantitative estimate of drug-likeness (QED) is 0.212. The van der Waals surface area contributed by atoms with Crippen LogP contribution in [0.25, 0.3) is 22.0 Å². The van der Waals surface area contributed by atoms with Crippen molar-refractivity contribution in [2.45, 2.75) is 19.1 Å². The van der Waals surface area contributed by atoms with Crippen LogP contribution in [0.5, 0.6) is 5.75 Å². The molecule has 8 heteroatoms. The maximum absolute atomic E-state index is 13.1. The summed E-state index contributed by atoms with van der Waals surface area (Å²) in [6.45, 7) is 0.412. The predicted molar refractivity (Wildman–Crippen MR) is 155 cm³/mol. The molecule has 0 fully saturated rings. The van der Waals surface area contributed by atoms with Crippen LogP contribution in [-0.4, -0.2) is 28.0 Å². The van der Waals surface area contributed by atoms with E-state index in [9.17, 15) is 19.5 Å². The summed E-state index contributed by atoms with van der Waals surface area (Å²) >= 11 is 5.99. The van der Waals surface area contributed by atoms with Gasteiger partial charge in [0, 0.05) is 17.0 Å². The summed E-state index contributed by atoms with van der Waals surface area (Å²) in [5.41, 5.74) is 3.31. The molecule has 0 saturated heterocycles. The molecule has 1 atom stereocenters. The van der Waals surface area contributed by atoms with Gasteiger partial charge in [-0.05, 0) is 70.1 Å². The summed E-state index contributed by atoms with van der Waals surface area (Å²) in [6, 6.07) is 29.8. The van der Waals surface area contributed by atoms with E-state index < -0.39 is 23.5 Å². The van der Waals surface area contributed by atoms with Crippen molar-refractivity contribution >= 4 is 34.4 Å². The Hall–Kier alpha value is -4.88. The first-order chi connectivity index (χ1) is 19.4. The van der Waals surface area contributed by atoms with E-state index in [0.717, 1.165) is 16.7 Å². The van der Waals surface area contributed by atoms with Crippen molar-refractivity contribution in [2.24, 2.45) is 0 Å². The third-order valence-corrected chi connectivity index (χ3v) is 6.73. The number of hydrogen-bond acceptors (Lipinski definition) is 4. The zero-order chi connectivity index (χ0) is 28.1. The molecule has 0 aliphatic rings. The molecule has 40 heavy (non-hydrogen) atoms. The van der Waals surface area contributed by atoms with Gasteiger partial charge < -0.3 is 20.1 Å². The van der Waals surface area contributed by atoms with Crippen molar-refractivity contribution in [1.82, 2.24) is 10.3 Å². The summed E-state index contributed by atoms with van der Waals surface area (Å²) in [7, 11) is 0. The summed E-state index contributed by atoms with van der Waals surface area (Å²) in [5.74, 6) is -1.33. The van der Waals surface area contributed by atoms with E-state index in [-0.39, 0.29) is 12.0 Å². The SMILES string of the molecule is O=C(N[C@@H](Cc1ccc(OCc2ccccc2)cc1)C(=O)O)c1cc2cc(-c3ccc(Cl)cc3)ccc2[nH]c1=O. The van der Waals surface area contributed by atoms with E-state index in [1.807, 2.05) is 54.6 Å². The summed E-state index contributed by atoms with van der Waals surface area (Å²) in [5, 5.41) is 13.5. The number of nitrogens with one attached hydrogen (secondary N) is 2. The molecule has 1 aromatic heterocycles. The number of carbonyl (C=O) groups is 2. The van der Waals surface area contributed by atoms with Gasteiger partial charge in [-0.25, -0.2) is 4.79 Å². The number of fused-ring (bicyclic) bond motifs is 1. The van der Waals surface area contributed by atoms with E-state index in [1.54, 1.807) is 42.5 Å². The minimum Gasteiger partial charge on any atom is -0.489 e. The number of amides is 1. The van der Waals surface area contributed by atoms with E-state index >= 15 is 0 Å². The van der Waals surface area contributed by atoms with Crippen LogP contribution in [0.2, 0.25) is 5.02 Å². The maximum atomic E-state index is 13.1. The Morgan fingerprint density at radius 3 is 2.25 bits per heavy atom. The van der Waals surface area contributed by atoms with Crippen molar-refractivity contribution in [3.05, 3.63) is 135 Å². The standard InChI is InChI=1S/C32H25ClN2O5/c33-25-11-8-22(9-12-25)23-10-15-28-24(17-23)18-27(30(36)34-28)31(37)35-29(32(38)39)16-20-6-13-26(14-7-20)40-19-21-4-2-1-3-5-21/h1-15,17-18,29H,16,19H2,(H,34,36)(H,35,37)(H,38,39)/t29-/m0/s1. The minimum atomic E-state index is -1.24. The molecule has 1 amide bonds. The number of hydrogen-bond donors (Lipinski definition) is 3. The number of carbonyl (C=O) groups excluding carboxylic acids is 1. The van der Waals surface area contributed by atoms with Crippen molar-refractivity contribution in [2.75, 3.05) is 0 Å². The lowest BCUT2D eigenvalue weighted by molar-refractivity contribution is -0.139. The number of carboxylic acids is 1. The van der Waals surface area contributed by atoms with Crippen LogP contribution in [0.3, 0.4) is 0 Å². The van der Waals surface area contributed by atoms with Crippen LogP contribution in [0.4, 0.5) is 0 Å². The van der Waals surface area contributed by atoms with Gasteiger partial charge in [0.1, 0.15) is 24.0 Å². The van der Waals surface area contributed by atoms with Crippen LogP contribution in [0.15, 0.2) is 108 Å². The van der Waals surface area contributed by atoms with Gasteiger partial charge in [-0.1, -0.05) is 72.3 Å². The lowest BCUT2D eigenvalue weighted by Gasteiger charge is -2.15. The molecule has 0 unspecified atom stereocenters. The third-order valence-electron chi connectivity index (χ3n) is 6.48. The lowest BCUT2D eigenvalue weighted by atomic mass is 10.0. The Morgan fingerprint density at radius 1 is 0.850 bits per heavy atom. The largest absolute Gasteiger partial charge is 0.489 e. The number of pyridine rings is 1. The molecule has 0 aliphatic heterocycles. The van der Waals surface area contributed by atoms with Crippen LogP contribution >= 0.6 is 11.6 Å². The molecule has 4 aromatic carbocycles. The molecule has 0 radical (unpaired) electrons. The van der Waals surface area contributed by atoms with Gasteiger partial charge in [0.2, 0.25) is 0 Å². The van der Waals surface area contributed by atoms with E-state index in [0.29, 0.717) is 33.8 Å². The highest BCUT2D eigenvalue weighted by molar-refractivity contribution is 6.30. The molecule has 5 aromatic rings. The van der Waals surface area contributed by atoms with Gasteiger partial charge in [-0.15, -0.1) is 0 Å². The first-order valence-electron chi connectivity index (χ1n) is 12.6. The highest BCUT2D eigenvalue weighted by atomic mass is 35.5. The van der Waals surface area contributed by atoms with Crippen molar-refractivity contribution in [3.63, 3.8) is 0 Å². The normalized spacial score (nSPS) is 11.6. The number of aromatic amines is 1. The number of H-pyrrole nitrogens is 1. The number of carboxylic acid groups (broad SMARTS) is 1. The van der Waals surface area contributed by atoms with E-state index in [1.165, 1.54) is 6.07 Å². The minimum absolute atomic E-state index is 0.0340. The van der Waals surface area contributed by atoms with Gasteiger partial charge in [-0.2, -0.15) is 0 Å². The molecule has 0 spiro atoms. The fourth-order valence-corrected chi connectivity index (χ4v) is 4.46. The molecule has 200 valence electrons. The third kappa shape index (κ3) is 6.39. The molecular formula is C32H25ClN2O5. The molecular weight excluding hydrogens is 528 g/mol. The van der Waals surface area contributed by atoms with Crippen LogP contribution < -0.4 is 15.6 Å². The predicted octanol–water partition coefficient (Wildman–Crippen LogP) is 5.85. The molecule has 5 rings (SSSR count). The second kappa shape index (κ2) is 11.9. The van der Waals surface area contributed by atoms with Crippen molar-refractivity contribution < 1.29 is 19.4 Å². The fourth-order valence-electron chi connectivity index (χ4n) is 4.33.